The molecular weight excluding hydrogens is 224 g/mol. The molecule has 0 aliphatic rings. The lowest BCUT2D eigenvalue weighted by molar-refractivity contribution is 0.357. The first-order chi connectivity index (χ1) is 8.74. The highest BCUT2D eigenvalue weighted by atomic mass is 16.5. The summed E-state index contributed by atoms with van der Waals surface area (Å²) in [7, 11) is 4.19. The van der Waals surface area contributed by atoms with Crippen LogP contribution in [0.25, 0.3) is 0 Å². The number of nitrogens with one attached hydrogen (secondary N) is 1. The van der Waals surface area contributed by atoms with Crippen LogP contribution in [-0.2, 0) is 6.54 Å². The van der Waals surface area contributed by atoms with Crippen LogP contribution in [0.15, 0.2) is 36.9 Å². The van der Waals surface area contributed by atoms with Crippen LogP contribution in [0.3, 0.4) is 0 Å². The minimum atomic E-state index is 0.553. The van der Waals surface area contributed by atoms with E-state index < -0.39 is 0 Å². The fourth-order valence-electron chi connectivity index (χ4n) is 1.68. The molecule has 0 bridgehead atoms. The summed E-state index contributed by atoms with van der Waals surface area (Å²) in [6.45, 7) is 7.20. The van der Waals surface area contributed by atoms with Gasteiger partial charge in [0.1, 0.15) is 12.4 Å². The molecule has 0 aliphatic carbocycles. The molecule has 1 aromatic carbocycles. The van der Waals surface area contributed by atoms with Crippen molar-refractivity contribution in [3.63, 3.8) is 0 Å². The summed E-state index contributed by atoms with van der Waals surface area (Å²) in [6, 6.07) is 8.13. The number of ether oxygens (including phenoxy) is 1. The summed E-state index contributed by atoms with van der Waals surface area (Å²) in [5.41, 5.74) is 1.20. The maximum atomic E-state index is 5.62. The predicted molar refractivity (Wildman–Crippen MR) is 77.0 cm³/mol. The van der Waals surface area contributed by atoms with Crippen molar-refractivity contribution in [3.05, 3.63) is 42.5 Å². The monoisotopic (exact) mass is 248 g/mol. The van der Waals surface area contributed by atoms with Gasteiger partial charge in [-0.05, 0) is 39.7 Å². The van der Waals surface area contributed by atoms with E-state index in [4.69, 9.17) is 4.74 Å². The second-order valence-electron chi connectivity index (χ2n) is 4.54. The van der Waals surface area contributed by atoms with Gasteiger partial charge in [0.25, 0.3) is 0 Å². The fraction of sp³-hybridized carbons (Fsp3) is 0.467. The lowest BCUT2D eigenvalue weighted by atomic mass is 10.2. The average molecular weight is 248 g/mol. The Balaban J connectivity index is 2.34. The molecule has 0 fully saturated rings. The first kappa shape index (κ1) is 14.7. The Morgan fingerprint density at radius 3 is 2.83 bits per heavy atom. The van der Waals surface area contributed by atoms with Gasteiger partial charge in [0.2, 0.25) is 0 Å². The molecule has 3 heteroatoms. The Hall–Kier alpha value is -1.32. The number of rotatable bonds is 9. The lowest BCUT2D eigenvalue weighted by Crippen LogP contribution is -2.21. The Labute approximate surface area is 110 Å². The third-order valence-corrected chi connectivity index (χ3v) is 2.60. The molecule has 0 spiro atoms. The molecule has 1 aromatic rings. The van der Waals surface area contributed by atoms with Crippen LogP contribution >= 0.6 is 0 Å². The maximum Gasteiger partial charge on any atom is 0.124 e. The van der Waals surface area contributed by atoms with Crippen LogP contribution in [0, 0.1) is 0 Å². The van der Waals surface area contributed by atoms with E-state index in [1.54, 1.807) is 6.08 Å². The summed E-state index contributed by atoms with van der Waals surface area (Å²) in [6.07, 6.45) is 2.92. The molecule has 1 rings (SSSR count). The van der Waals surface area contributed by atoms with E-state index in [9.17, 15) is 0 Å². The number of hydrogen-bond donors (Lipinski definition) is 1. The van der Waals surface area contributed by atoms with Gasteiger partial charge in [0.15, 0.2) is 0 Å². The van der Waals surface area contributed by atoms with Gasteiger partial charge in [0, 0.05) is 12.1 Å². The molecule has 1 N–H and O–H groups in total. The average Bonchev–Trinajstić information content (AvgIpc) is 2.36. The van der Waals surface area contributed by atoms with E-state index in [0.29, 0.717) is 6.61 Å². The normalized spacial score (nSPS) is 10.6. The molecular formula is C15H24N2O. The summed E-state index contributed by atoms with van der Waals surface area (Å²) < 4.78 is 5.62. The second kappa shape index (κ2) is 8.72. The largest absolute Gasteiger partial charge is 0.489 e. The highest BCUT2D eigenvalue weighted by molar-refractivity contribution is 5.33. The molecule has 0 heterocycles. The van der Waals surface area contributed by atoms with Crippen molar-refractivity contribution in [3.8, 4) is 5.75 Å². The smallest absolute Gasteiger partial charge is 0.124 e. The van der Waals surface area contributed by atoms with Crippen LogP contribution in [0.5, 0.6) is 5.75 Å². The number of hydrogen-bond acceptors (Lipinski definition) is 3. The molecule has 0 unspecified atom stereocenters. The Morgan fingerprint density at radius 2 is 2.11 bits per heavy atom. The van der Waals surface area contributed by atoms with Gasteiger partial charge in [0.05, 0.1) is 0 Å². The molecule has 0 radical (unpaired) electrons. The molecule has 3 nitrogen and oxygen atoms in total. The van der Waals surface area contributed by atoms with Gasteiger partial charge >= 0.3 is 0 Å². The minimum absolute atomic E-state index is 0.553. The van der Waals surface area contributed by atoms with E-state index in [1.807, 2.05) is 18.2 Å². The zero-order chi connectivity index (χ0) is 13.2. The third-order valence-electron chi connectivity index (χ3n) is 2.60. The predicted octanol–water partition coefficient (Wildman–Crippen LogP) is 2.29. The topological polar surface area (TPSA) is 24.5 Å². The number of para-hydroxylation sites is 1. The van der Waals surface area contributed by atoms with Crippen LogP contribution in [0.2, 0.25) is 0 Å². The van der Waals surface area contributed by atoms with Crippen LogP contribution in [-0.4, -0.2) is 38.7 Å². The fourth-order valence-corrected chi connectivity index (χ4v) is 1.68. The van der Waals surface area contributed by atoms with E-state index in [0.717, 1.165) is 31.8 Å². The van der Waals surface area contributed by atoms with Gasteiger partial charge < -0.3 is 15.0 Å². The van der Waals surface area contributed by atoms with Crippen molar-refractivity contribution >= 4 is 0 Å². The summed E-state index contributed by atoms with van der Waals surface area (Å²) in [5.74, 6) is 0.942. The maximum absolute atomic E-state index is 5.62. The third kappa shape index (κ3) is 5.84. The SMILES string of the molecule is C=CCOc1ccccc1CNCCCN(C)C. The van der Waals surface area contributed by atoms with Crippen LogP contribution < -0.4 is 10.1 Å². The molecule has 0 saturated heterocycles. The number of nitrogens with zero attached hydrogens (tertiary/aromatic N) is 1. The molecule has 0 saturated carbocycles. The first-order valence-corrected chi connectivity index (χ1v) is 6.41. The van der Waals surface area contributed by atoms with Crippen molar-refractivity contribution in [2.24, 2.45) is 0 Å². The van der Waals surface area contributed by atoms with E-state index >= 15 is 0 Å². The highest BCUT2D eigenvalue weighted by Crippen LogP contribution is 2.17. The van der Waals surface area contributed by atoms with Gasteiger partial charge in [-0.1, -0.05) is 30.9 Å². The van der Waals surface area contributed by atoms with Gasteiger partial charge in [-0.3, -0.25) is 0 Å². The second-order valence-corrected chi connectivity index (χ2v) is 4.54. The molecule has 0 aromatic heterocycles. The Bertz CT molecular complexity index is 350. The molecule has 100 valence electrons. The quantitative estimate of drug-likeness (QED) is 0.536. The summed E-state index contributed by atoms with van der Waals surface area (Å²) in [4.78, 5) is 2.20. The van der Waals surface area contributed by atoms with Crippen LogP contribution in [0.4, 0.5) is 0 Å². The van der Waals surface area contributed by atoms with E-state index in [1.165, 1.54) is 5.56 Å². The van der Waals surface area contributed by atoms with Crippen LogP contribution in [0.1, 0.15) is 12.0 Å². The molecule has 18 heavy (non-hydrogen) atoms. The Kier molecular flexibility index (Phi) is 7.14. The van der Waals surface area contributed by atoms with Gasteiger partial charge in [-0.25, -0.2) is 0 Å². The molecule has 0 atom stereocenters. The summed E-state index contributed by atoms with van der Waals surface area (Å²) >= 11 is 0. The molecule has 0 amide bonds. The molecule has 0 aliphatic heterocycles. The van der Waals surface area contributed by atoms with E-state index in [2.05, 4.69) is 37.0 Å². The van der Waals surface area contributed by atoms with Crippen molar-refractivity contribution in [2.45, 2.75) is 13.0 Å². The first-order valence-electron chi connectivity index (χ1n) is 6.41. The summed E-state index contributed by atoms with van der Waals surface area (Å²) in [5, 5.41) is 3.44. The van der Waals surface area contributed by atoms with Gasteiger partial charge in [-0.15, -0.1) is 0 Å². The Morgan fingerprint density at radius 1 is 1.33 bits per heavy atom. The van der Waals surface area contributed by atoms with E-state index in [-0.39, 0.29) is 0 Å². The zero-order valence-electron chi connectivity index (χ0n) is 11.5. The van der Waals surface area contributed by atoms with Crippen molar-refractivity contribution in [1.29, 1.82) is 0 Å². The van der Waals surface area contributed by atoms with Crippen molar-refractivity contribution in [2.75, 3.05) is 33.8 Å². The standard InChI is InChI=1S/C15H24N2O/c1-4-12-18-15-9-6-5-8-14(15)13-16-10-7-11-17(2)3/h4-6,8-9,16H,1,7,10-13H2,2-3H3. The van der Waals surface area contributed by atoms with Crippen molar-refractivity contribution < 1.29 is 4.74 Å². The lowest BCUT2D eigenvalue weighted by Gasteiger charge is -2.12. The zero-order valence-corrected chi connectivity index (χ0v) is 11.5. The highest BCUT2D eigenvalue weighted by Gasteiger charge is 2.01. The number of benzene rings is 1. The van der Waals surface area contributed by atoms with Gasteiger partial charge in [-0.2, -0.15) is 0 Å². The van der Waals surface area contributed by atoms with Crippen molar-refractivity contribution in [1.82, 2.24) is 10.2 Å². The minimum Gasteiger partial charge on any atom is -0.489 e.